The zero-order valence-corrected chi connectivity index (χ0v) is 6.85. The van der Waals surface area contributed by atoms with Gasteiger partial charge in [0.05, 0.1) is 12.7 Å². The Labute approximate surface area is 65.2 Å². The van der Waals surface area contributed by atoms with Crippen molar-refractivity contribution in [3.05, 3.63) is 0 Å². The van der Waals surface area contributed by atoms with Crippen molar-refractivity contribution in [2.75, 3.05) is 27.2 Å². The van der Waals surface area contributed by atoms with Gasteiger partial charge in [0.25, 0.3) is 0 Å². The predicted octanol–water partition coefficient (Wildman–Crippen LogP) is 1.61. The molecule has 0 aliphatic carbocycles. The molecule has 0 atom stereocenters. The van der Waals surface area contributed by atoms with Crippen LogP contribution in [0.15, 0.2) is 0 Å². The van der Waals surface area contributed by atoms with Crippen molar-refractivity contribution >= 4 is 0 Å². The highest BCUT2D eigenvalue weighted by Gasteiger charge is 1.92. The van der Waals surface area contributed by atoms with Gasteiger partial charge in [-0.1, -0.05) is 7.43 Å². The SMILES string of the molecule is C.CC(C)OCCN(C)C. The van der Waals surface area contributed by atoms with E-state index in [2.05, 4.69) is 18.7 Å². The van der Waals surface area contributed by atoms with Gasteiger partial charge in [-0.3, -0.25) is 0 Å². The maximum atomic E-state index is 5.31. The molecule has 0 N–H and O–H groups in total. The predicted molar refractivity (Wildman–Crippen MR) is 46.4 cm³/mol. The number of hydrogen-bond donors (Lipinski definition) is 0. The zero-order chi connectivity index (χ0) is 7.28. The lowest BCUT2D eigenvalue weighted by Crippen LogP contribution is -2.19. The number of hydrogen-bond acceptors (Lipinski definition) is 2. The Hall–Kier alpha value is -0.0800. The molecule has 0 rings (SSSR count). The van der Waals surface area contributed by atoms with Crippen LogP contribution in [0.3, 0.4) is 0 Å². The van der Waals surface area contributed by atoms with Crippen molar-refractivity contribution < 1.29 is 4.74 Å². The van der Waals surface area contributed by atoms with Gasteiger partial charge in [-0.25, -0.2) is 0 Å². The summed E-state index contributed by atoms with van der Waals surface area (Å²) in [5, 5.41) is 0. The monoisotopic (exact) mass is 147 g/mol. The van der Waals surface area contributed by atoms with Gasteiger partial charge in [-0.05, 0) is 27.9 Å². The minimum atomic E-state index is 0. The maximum absolute atomic E-state index is 5.31. The third kappa shape index (κ3) is 10.8. The van der Waals surface area contributed by atoms with Crippen LogP contribution in [-0.4, -0.2) is 38.3 Å². The topological polar surface area (TPSA) is 12.5 Å². The second kappa shape index (κ2) is 7.03. The molecule has 0 radical (unpaired) electrons. The van der Waals surface area contributed by atoms with Crippen LogP contribution >= 0.6 is 0 Å². The normalized spacial score (nSPS) is 10.2. The molecule has 0 aromatic carbocycles. The summed E-state index contributed by atoms with van der Waals surface area (Å²) in [4.78, 5) is 2.11. The highest BCUT2D eigenvalue weighted by Crippen LogP contribution is 1.86. The molecular formula is C8H21NO. The first kappa shape index (κ1) is 12.6. The Morgan fingerprint density at radius 3 is 2.10 bits per heavy atom. The minimum absolute atomic E-state index is 0. The number of rotatable bonds is 4. The third-order valence-electron chi connectivity index (χ3n) is 0.990. The molecule has 0 fully saturated rings. The Bertz CT molecular complexity index is 54.3. The molecule has 0 aromatic heterocycles. The van der Waals surface area contributed by atoms with Crippen LogP contribution in [0.1, 0.15) is 21.3 Å². The van der Waals surface area contributed by atoms with E-state index in [1.807, 2.05) is 14.1 Å². The van der Waals surface area contributed by atoms with E-state index in [4.69, 9.17) is 4.74 Å². The number of ether oxygens (including phenoxy) is 1. The van der Waals surface area contributed by atoms with Gasteiger partial charge in [-0.15, -0.1) is 0 Å². The van der Waals surface area contributed by atoms with Crippen molar-refractivity contribution in [2.24, 2.45) is 0 Å². The van der Waals surface area contributed by atoms with Gasteiger partial charge < -0.3 is 9.64 Å². The first-order chi connectivity index (χ1) is 4.13. The van der Waals surface area contributed by atoms with Gasteiger partial charge in [0.1, 0.15) is 0 Å². The quantitative estimate of drug-likeness (QED) is 0.599. The van der Waals surface area contributed by atoms with Crippen LogP contribution in [0, 0.1) is 0 Å². The highest BCUT2D eigenvalue weighted by molar-refractivity contribution is 4.42. The van der Waals surface area contributed by atoms with E-state index in [1.54, 1.807) is 0 Å². The smallest absolute Gasteiger partial charge is 0.0596 e. The van der Waals surface area contributed by atoms with Gasteiger partial charge in [0, 0.05) is 6.54 Å². The number of nitrogens with zero attached hydrogens (tertiary/aromatic N) is 1. The molecule has 64 valence electrons. The second-order valence-corrected chi connectivity index (χ2v) is 2.72. The fourth-order valence-corrected chi connectivity index (χ4v) is 0.471. The van der Waals surface area contributed by atoms with Crippen molar-refractivity contribution in [1.29, 1.82) is 0 Å². The summed E-state index contributed by atoms with van der Waals surface area (Å²) in [6.07, 6.45) is 0.366. The van der Waals surface area contributed by atoms with Crippen molar-refractivity contribution in [3.63, 3.8) is 0 Å². The summed E-state index contributed by atoms with van der Waals surface area (Å²) in [6, 6.07) is 0. The Morgan fingerprint density at radius 2 is 1.80 bits per heavy atom. The summed E-state index contributed by atoms with van der Waals surface area (Å²) in [7, 11) is 4.09. The molecular weight excluding hydrogens is 126 g/mol. The van der Waals surface area contributed by atoms with E-state index in [9.17, 15) is 0 Å². The lowest BCUT2D eigenvalue weighted by atomic mass is 10.5. The van der Waals surface area contributed by atoms with E-state index in [1.165, 1.54) is 0 Å². The molecule has 0 unspecified atom stereocenters. The van der Waals surface area contributed by atoms with E-state index >= 15 is 0 Å². The summed E-state index contributed by atoms with van der Waals surface area (Å²) in [6.45, 7) is 5.95. The average Bonchev–Trinajstić information content (AvgIpc) is 1.63. The summed E-state index contributed by atoms with van der Waals surface area (Å²) < 4.78 is 5.31. The van der Waals surface area contributed by atoms with Crippen molar-refractivity contribution in [2.45, 2.75) is 27.4 Å². The van der Waals surface area contributed by atoms with E-state index < -0.39 is 0 Å². The highest BCUT2D eigenvalue weighted by atomic mass is 16.5. The summed E-state index contributed by atoms with van der Waals surface area (Å²) in [5.41, 5.74) is 0. The molecule has 2 heteroatoms. The molecule has 0 saturated carbocycles. The van der Waals surface area contributed by atoms with E-state index in [0.29, 0.717) is 6.10 Å². The van der Waals surface area contributed by atoms with Crippen LogP contribution in [-0.2, 0) is 4.74 Å². The Kier molecular flexibility index (Phi) is 8.85. The summed E-state index contributed by atoms with van der Waals surface area (Å²) >= 11 is 0. The van der Waals surface area contributed by atoms with Crippen LogP contribution < -0.4 is 0 Å². The minimum Gasteiger partial charge on any atom is -0.377 e. The van der Waals surface area contributed by atoms with E-state index in [-0.39, 0.29) is 7.43 Å². The fraction of sp³-hybridized carbons (Fsp3) is 1.00. The maximum Gasteiger partial charge on any atom is 0.0596 e. The van der Waals surface area contributed by atoms with Crippen LogP contribution in [0.5, 0.6) is 0 Å². The van der Waals surface area contributed by atoms with Crippen LogP contribution in [0.25, 0.3) is 0 Å². The first-order valence-corrected chi connectivity index (χ1v) is 3.39. The Balaban J connectivity index is 0. The van der Waals surface area contributed by atoms with Crippen molar-refractivity contribution in [3.8, 4) is 0 Å². The van der Waals surface area contributed by atoms with Gasteiger partial charge >= 0.3 is 0 Å². The molecule has 0 aliphatic heterocycles. The molecule has 2 nitrogen and oxygen atoms in total. The second-order valence-electron chi connectivity index (χ2n) is 2.72. The fourth-order valence-electron chi connectivity index (χ4n) is 0.471. The van der Waals surface area contributed by atoms with Crippen molar-refractivity contribution in [1.82, 2.24) is 4.90 Å². The molecule has 0 saturated heterocycles. The molecule has 10 heavy (non-hydrogen) atoms. The molecule has 0 amide bonds. The number of likely N-dealkylation sites (N-methyl/N-ethyl adjacent to an activating group) is 1. The van der Waals surface area contributed by atoms with Gasteiger partial charge in [0.15, 0.2) is 0 Å². The molecule has 0 bridgehead atoms. The zero-order valence-electron chi connectivity index (χ0n) is 6.85. The van der Waals surface area contributed by atoms with E-state index in [0.717, 1.165) is 13.2 Å². The Morgan fingerprint density at radius 1 is 1.30 bits per heavy atom. The lowest BCUT2D eigenvalue weighted by Gasteiger charge is -2.11. The summed E-state index contributed by atoms with van der Waals surface area (Å²) in [5.74, 6) is 0. The molecule has 0 aromatic rings. The lowest BCUT2D eigenvalue weighted by molar-refractivity contribution is 0.0678. The molecule has 0 aliphatic rings. The van der Waals surface area contributed by atoms with Crippen LogP contribution in [0.4, 0.5) is 0 Å². The van der Waals surface area contributed by atoms with Crippen LogP contribution in [0.2, 0.25) is 0 Å². The molecule has 0 heterocycles. The van der Waals surface area contributed by atoms with Gasteiger partial charge in [0.2, 0.25) is 0 Å². The molecule has 0 spiro atoms. The third-order valence-corrected chi connectivity index (χ3v) is 0.990. The largest absolute Gasteiger partial charge is 0.377 e. The van der Waals surface area contributed by atoms with Gasteiger partial charge in [-0.2, -0.15) is 0 Å². The standard InChI is InChI=1S/C7H17NO.CH4/c1-7(2)9-6-5-8(3)4;/h7H,5-6H2,1-4H3;1H4. The average molecular weight is 147 g/mol. The first-order valence-electron chi connectivity index (χ1n) is 3.39.